The van der Waals surface area contributed by atoms with Gasteiger partial charge in [0.05, 0.1) is 6.61 Å². The van der Waals surface area contributed by atoms with Crippen LogP contribution in [0.25, 0.3) is 0 Å². The maximum atomic E-state index is 12.7. The van der Waals surface area contributed by atoms with Crippen molar-refractivity contribution in [3.63, 3.8) is 0 Å². The fourth-order valence-corrected chi connectivity index (χ4v) is 4.62. The van der Waals surface area contributed by atoms with E-state index in [2.05, 4.69) is 40.5 Å². The first-order valence-electron chi connectivity index (χ1n) is 12.3. The van der Waals surface area contributed by atoms with Gasteiger partial charge in [0, 0.05) is 38.2 Å². The number of nitrogens with one attached hydrogen (secondary N) is 1. The van der Waals surface area contributed by atoms with E-state index in [9.17, 15) is 9.59 Å². The van der Waals surface area contributed by atoms with Gasteiger partial charge in [0.1, 0.15) is 5.75 Å². The molecule has 2 aromatic rings. The van der Waals surface area contributed by atoms with Crippen LogP contribution in [0.3, 0.4) is 0 Å². The van der Waals surface area contributed by atoms with E-state index in [4.69, 9.17) is 4.74 Å². The Morgan fingerprint density at radius 2 is 1.85 bits per heavy atom. The molecule has 0 atom stereocenters. The van der Waals surface area contributed by atoms with E-state index < -0.39 is 0 Å². The third kappa shape index (κ3) is 7.06. The highest BCUT2D eigenvalue weighted by atomic mass is 16.5. The molecule has 176 valence electrons. The number of nitrogens with zero attached hydrogens (tertiary/aromatic N) is 2. The van der Waals surface area contributed by atoms with Crippen LogP contribution in [-0.4, -0.2) is 60.9 Å². The molecule has 0 aliphatic carbocycles. The maximum Gasteiger partial charge on any atom is 0.224 e. The van der Waals surface area contributed by atoms with Crippen LogP contribution in [0.1, 0.15) is 43.2 Å². The fourth-order valence-electron chi connectivity index (χ4n) is 4.62. The molecule has 2 aliphatic heterocycles. The molecule has 0 spiro atoms. The van der Waals surface area contributed by atoms with Gasteiger partial charge in [0.25, 0.3) is 0 Å². The second kappa shape index (κ2) is 11.8. The van der Waals surface area contributed by atoms with Gasteiger partial charge in [-0.1, -0.05) is 30.3 Å². The summed E-state index contributed by atoms with van der Waals surface area (Å²) >= 11 is 0. The van der Waals surface area contributed by atoms with Crippen molar-refractivity contribution in [2.75, 3.05) is 44.6 Å². The molecule has 1 N–H and O–H groups in total. The van der Waals surface area contributed by atoms with Crippen molar-refractivity contribution in [1.29, 1.82) is 0 Å². The summed E-state index contributed by atoms with van der Waals surface area (Å²) in [5, 5.41) is 2.88. The Bertz CT molecular complexity index is 931. The van der Waals surface area contributed by atoms with E-state index in [1.165, 1.54) is 5.56 Å². The Balaban J connectivity index is 1.13. The first-order valence-corrected chi connectivity index (χ1v) is 12.3. The van der Waals surface area contributed by atoms with E-state index in [0.29, 0.717) is 25.9 Å². The molecule has 0 saturated carbocycles. The minimum Gasteiger partial charge on any atom is -0.494 e. The minimum atomic E-state index is 0.0681. The minimum absolute atomic E-state index is 0.0681. The average Bonchev–Trinajstić information content (AvgIpc) is 3.08. The summed E-state index contributed by atoms with van der Waals surface area (Å²) in [5.41, 5.74) is 3.39. The normalized spacial score (nSPS) is 16.6. The summed E-state index contributed by atoms with van der Waals surface area (Å²) < 4.78 is 5.87. The Hall–Kier alpha value is -2.86. The first-order chi connectivity index (χ1) is 16.2. The number of fused-ring (bicyclic) bond motifs is 1. The molecular formula is C27H35N3O3. The standard InChI is InChI=1S/C27H35N3O3/c31-26-14-11-23-21-24(12-13-25(23)28-26)33-20-5-10-27(32)30-17-6-16-29(18-19-30)15-4-9-22-7-2-1-3-8-22/h1-3,7-8,12-13,21H,4-6,9-11,14-20H2,(H,28,31). The Morgan fingerprint density at radius 1 is 0.970 bits per heavy atom. The van der Waals surface area contributed by atoms with Crippen molar-refractivity contribution in [1.82, 2.24) is 9.80 Å². The van der Waals surface area contributed by atoms with Crippen molar-refractivity contribution in [3.8, 4) is 5.75 Å². The molecule has 1 saturated heterocycles. The van der Waals surface area contributed by atoms with Crippen LogP contribution in [0.4, 0.5) is 5.69 Å². The van der Waals surface area contributed by atoms with Gasteiger partial charge >= 0.3 is 0 Å². The van der Waals surface area contributed by atoms with Crippen molar-refractivity contribution < 1.29 is 14.3 Å². The van der Waals surface area contributed by atoms with Crippen LogP contribution < -0.4 is 10.1 Å². The van der Waals surface area contributed by atoms with Crippen LogP contribution in [-0.2, 0) is 22.4 Å². The van der Waals surface area contributed by atoms with E-state index in [1.54, 1.807) is 0 Å². The van der Waals surface area contributed by atoms with E-state index in [1.807, 2.05) is 23.1 Å². The van der Waals surface area contributed by atoms with E-state index >= 15 is 0 Å². The van der Waals surface area contributed by atoms with Crippen LogP contribution in [0.5, 0.6) is 5.75 Å². The molecule has 4 rings (SSSR count). The topological polar surface area (TPSA) is 61.9 Å². The zero-order valence-corrected chi connectivity index (χ0v) is 19.4. The van der Waals surface area contributed by atoms with Crippen LogP contribution >= 0.6 is 0 Å². The molecule has 1 fully saturated rings. The lowest BCUT2D eigenvalue weighted by Crippen LogP contribution is -2.35. The average molecular weight is 450 g/mol. The highest BCUT2D eigenvalue weighted by Gasteiger charge is 2.19. The Labute approximate surface area is 196 Å². The van der Waals surface area contributed by atoms with Gasteiger partial charge < -0.3 is 19.9 Å². The predicted molar refractivity (Wildman–Crippen MR) is 131 cm³/mol. The molecule has 0 aromatic heterocycles. The van der Waals surface area contributed by atoms with Crippen molar-refractivity contribution in [3.05, 3.63) is 59.7 Å². The number of rotatable bonds is 9. The zero-order chi connectivity index (χ0) is 22.9. The van der Waals surface area contributed by atoms with Gasteiger partial charge in [0.2, 0.25) is 11.8 Å². The quantitative estimate of drug-likeness (QED) is 0.590. The molecule has 0 unspecified atom stereocenters. The van der Waals surface area contributed by atoms with Crippen molar-refractivity contribution >= 4 is 17.5 Å². The van der Waals surface area contributed by atoms with Gasteiger partial charge in [-0.25, -0.2) is 0 Å². The molecule has 6 nitrogen and oxygen atoms in total. The van der Waals surface area contributed by atoms with Crippen molar-refractivity contribution in [2.24, 2.45) is 0 Å². The van der Waals surface area contributed by atoms with E-state index in [-0.39, 0.29) is 11.8 Å². The lowest BCUT2D eigenvalue weighted by atomic mass is 10.0. The fraction of sp³-hybridized carbons (Fsp3) is 0.481. The number of aryl methyl sites for hydroxylation is 2. The summed E-state index contributed by atoms with van der Waals surface area (Å²) in [6, 6.07) is 16.4. The number of ether oxygens (including phenoxy) is 1. The van der Waals surface area contributed by atoms with Gasteiger partial charge in [0.15, 0.2) is 0 Å². The molecule has 2 heterocycles. The van der Waals surface area contributed by atoms with Gasteiger partial charge in [-0.3, -0.25) is 9.59 Å². The molecule has 33 heavy (non-hydrogen) atoms. The second-order valence-corrected chi connectivity index (χ2v) is 8.98. The predicted octanol–water partition coefficient (Wildman–Crippen LogP) is 3.90. The van der Waals surface area contributed by atoms with Gasteiger partial charge in [-0.05, 0) is 74.5 Å². The number of amides is 2. The third-order valence-electron chi connectivity index (χ3n) is 6.50. The van der Waals surface area contributed by atoms with Crippen molar-refractivity contribution in [2.45, 2.75) is 44.9 Å². The molecular weight excluding hydrogens is 414 g/mol. The lowest BCUT2D eigenvalue weighted by Gasteiger charge is -2.22. The highest BCUT2D eigenvalue weighted by molar-refractivity contribution is 5.94. The number of benzene rings is 2. The summed E-state index contributed by atoms with van der Waals surface area (Å²) in [6.07, 6.45) is 5.81. The third-order valence-corrected chi connectivity index (χ3v) is 6.50. The zero-order valence-electron chi connectivity index (χ0n) is 19.4. The monoisotopic (exact) mass is 449 g/mol. The largest absolute Gasteiger partial charge is 0.494 e. The Kier molecular flexibility index (Phi) is 8.36. The highest BCUT2D eigenvalue weighted by Crippen LogP contribution is 2.26. The number of carbonyl (C=O) groups excluding carboxylic acids is 2. The van der Waals surface area contributed by atoms with E-state index in [0.717, 1.165) is 75.4 Å². The van der Waals surface area contributed by atoms with Gasteiger partial charge in [-0.15, -0.1) is 0 Å². The number of anilines is 1. The van der Waals surface area contributed by atoms with Crippen LogP contribution in [0, 0.1) is 0 Å². The smallest absolute Gasteiger partial charge is 0.224 e. The van der Waals surface area contributed by atoms with Gasteiger partial charge in [-0.2, -0.15) is 0 Å². The summed E-state index contributed by atoms with van der Waals surface area (Å²) in [4.78, 5) is 28.7. The first kappa shape index (κ1) is 23.3. The second-order valence-electron chi connectivity index (χ2n) is 8.98. The molecule has 6 heteroatoms. The Morgan fingerprint density at radius 3 is 2.73 bits per heavy atom. The molecule has 0 radical (unpaired) electrons. The summed E-state index contributed by atoms with van der Waals surface area (Å²) in [6.45, 7) is 5.32. The maximum absolute atomic E-state index is 12.7. The SMILES string of the molecule is O=C1CCc2cc(OCCCC(=O)N3CCCN(CCCc4ccccc4)CC3)ccc2N1. The number of hydrogen-bond donors (Lipinski definition) is 1. The lowest BCUT2D eigenvalue weighted by molar-refractivity contribution is -0.131. The van der Waals surface area contributed by atoms with Crippen LogP contribution in [0.15, 0.2) is 48.5 Å². The molecule has 2 amide bonds. The molecule has 2 aliphatic rings. The molecule has 2 aromatic carbocycles. The summed E-state index contributed by atoms with van der Waals surface area (Å²) in [7, 11) is 0. The number of hydrogen-bond acceptors (Lipinski definition) is 4. The summed E-state index contributed by atoms with van der Waals surface area (Å²) in [5.74, 6) is 1.11. The molecule has 0 bridgehead atoms. The van der Waals surface area contributed by atoms with Crippen LogP contribution in [0.2, 0.25) is 0 Å². The number of carbonyl (C=O) groups is 2.